The Labute approximate surface area is 149 Å². The number of benzene rings is 1. The fraction of sp³-hybridized carbons (Fsp3) is 0.312. The number of halogens is 1. The Hall–Kier alpha value is -1.99. The molecule has 0 saturated heterocycles. The van der Waals surface area contributed by atoms with Crippen molar-refractivity contribution >= 4 is 35.2 Å². The first-order valence-electron chi connectivity index (χ1n) is 7.39. The topological polar surface area (TPSA) is 73.2 Å². The van der Waals surface area contributed by atoms with E-state index in [1.54, 1.807) is 13.1 Å². The van der Waals surface area contributed by atoms with Gasteiger partial charge in [-0.2, -0.15) is 0 Å². The van der Waals surface area contributed by atoms with Gasteiger partial charge >= 0.3 is 5.97 Å². The van der Waals surface area contributed by atoms with E-state index in [0.717, 1.165) is 10.7 Å². The molecule has 8 heteroatoms. The molecule has 0 saturated carbocycles. The minimum Gasteiger partial charge on any atom is -0.465 e. The smallest absolute Gasteiger partial charge is 0.325 e. The lowest BCUT2D eigenvalue weighted by atomic mass is 10.2. The molecule has 1 aromatic carbocycles. The predicted octanol–water partition coefficient (Wildman–Crippen LogP) is 2.36. The molecule has 2 aromatic rings. The molecule has 1 heterocycles. The third kappa shape index (κ3) is 5.90. The Morgan fingerprint density at radius 2 is 2.08 bits per heavy atom. The average Bonchev–Trinajstić information content (AvgIpc) is 3.00. The summed E-state index contributed by atoms with van der Waals surface area (Å²) < 4.78 is 6.70. The molecular weight excluding hydrogens is 350 g/mol. The van der Waals surface area contributed by atoms with E-state index in [2.05, 4.69) is 10.3 Å². The lowest BCUT2D eigenvalue weighted by Crippen LogP contribution is -2.31. The number of esters is 1. The van der Waals surface area contributed by atoms with E-state index < -0.39 is 5.97 Å². The zero-order valence-electron chi connectivity index (χ0n) is 13.2. The van der Waals surface area contributed by atoms with E-state index in [9.17, 15) is 9.59 Å². The molecule has 0 unspecified atom stereocenters. The van der Waals surface area contributed by atoms with Crippen LogP contribution in [0.25, 0.3) is 0 Å². The molecule has 2 rings (SSSR count). The summed E-state index contributed by atoms with van der Waals surface area (Å²) in [7, 11) is 0. The number of ether oxygens (including phenoxy) is 1. The van der Waals surface area contributed by atoms with Gasteiger partial charge in [-0.3, -0.25) is 9.59 Å². The summed E-state index contributed by atoms with van der Waals surface area (Å²) in [6, 6.07) is 7.57. The second kappa shape index (κ2) is 9.34. The molecule has 0 aliphatic carbocycles. The van der Waals surface area contributed by atoms with Crippen LogP contribution in [-0.4, -0.2) is 40.3 Å². The van der Waals surface area contributed by atoms with Crippen LogP contribution in [0.5, 0.6) is 0 Å². The van der Waals surface area contributed by atoms with Crippen LogP contribution in [-0.2, 0) is 20.9 Å². The molecule has 24 heavy (non-hydrogen) atoms. The number of nitrogens with one attached hydrogen (secondary N) is 1. The lowest BCUT2D eigenvalue weighted by Gasteiger charge is -2.08. The quantitative estimate of drug-likeness (QED) is 0.572. The molecule has 1 aromatic heterocycles. The molecule has 0 aliphatic heterocycles. The van der Waals surface area contributed by atoms with Crippen LogP contribution in [0, 0.1) is 0 Å². The maximum atomic E-state index is 11.8. The number of carbonyl (C=O) groups excluding carboxylic acids is 2. The van der Waals surface area contributed by atoms with E-state index in [1.807, 2.05) is 35.0 Å². The number of nitrogens with zero attached hydrogens (tertiary/aromatic N) is 2. The average molecular weight is 368 g/mol. The second-order valence-electron chi connectivity index (χ2n) is 4.83. The van der Waals surface area contributed by atoms with Crippen molar-refractivity contribution in [3.8, 4) is 0 Å². The van der Waals surface area contributed by atoms with Gasteiger partial charge in [-0.05, 0) is 24.6 Å². The number of imidazole rings is 1. The molecule has 0 spiro atoms. The van der Waals surface area contributed by atoms with Crippen molar-refractivity contribution in [1.82, 2.24) is 14.9 Å². The standard InChI is InChI=1S/C16H18ClN3O3S/c1-2-23-15(22)9-19-14(21)11-24-16-18-7-8-20(16)10-12-3-5-13(17)6-4-12/h3-8H,2,9-11H2,1H3,(H,19,21). The molecule has 0 atom stereocenters. The van der Waals surface area contributed by atoms with Gasteiger partial charge in [0.2, 0.25) is 5.91 Å². The highest BCUT2D eigenvalue weighted by Crippen LogP contribution is 2.18. The Morgan fingerprint density at radius 3 is 2.79 bits per heavy atom. The maximum Gasteiger partial charge on any atom is 0.325 e. The minimum absolute atomic E-state index is 0.119. The normalized spacial score (nSPS) is 10.4. The third-order valence-corrected chi connectivity index (χ3v) is 4.27. The summed E-state index contributed by atoms with van der Waals surface area (Å²) in [5.74, 6) is -0.508. The number of amides is 1. The number of carbonyl (C=O) groups is 2. The van der Waals surface area contributed by atoms with Crippen LogP contribution in [0.15, 0.2) is 41.8 Å². The number of hydrogen-bond donors (Lipinski definition) is 1. The van der Waals surface area contributed by atoms with E-state index in [4.69, 9.17) is 16.3 Å². The van der Waals surface area contributed by atoms with E-state index >= 15 is 0 Å². The van der Waals surface area contributed by atoms with Gasteiger partial charge in [0.05, 0.1) is 12.4 Å². The predicted molar refractivity (Wildman–Crippen MR) is 93.1 cm³/mol. The summed E-state index contributed by atoms with van der Waals surface area (Å²) >= 11 is 7.19. The monoisotopic (exact) mass is 367 g/mol. The van der Waals surface area contributed by atoms with Crippen molar-refractivity contribution in [1.29, 1.82) is 0 Å². The first-order valence-corrected chi connectivity index (χ1v) is 8.75. The van der Waals surface area contributed by atoms with Crippen LogP contribution in [0.2, 0.25) is 5.02 Å². The minimum atomic E-state index is -0.444. The van der Waals surface area contributed by atoms with Gasteiger partial charge in [-0.15, -0.1) is 0 Å². The van der Waals surface area contributed by atoms with E-state index in [1.165, 1.54) is 11.8 Å². The Morgan fingerprint density at radius 1 is 1.33 bits per heavy atom. The highest BCUT2D eigenvalue weighted by molar-refractivity contribution is 7.99. The van der Waals surface area contributed by atoms with Gasteiger partial charge in [0.25, 0.3) is 0 Å². The number of aromatic nitrogens is 2. The van der Waals surface area contributed by atoms with Crippen molar-refractivity contribution < 1.29 is 14.3 Å². The highest BCUT2D eigenvalue weighted by Gasteiger charge is 2.10. The van der Waals surface area contributed by atoms with Crippen LogP contribution < -0.4 is 5.32 Å². The molecule has 0 aliphatic rings. The van der Waals surface area contributed by atoms with Crippen molar-refractivity contribution in [2.75, 3.05) is 18.9 Å². The SMILES string of the molecule is CCOC(=O)CNC(=O)CSc1nccn1Cc1ccc(Cl)cc1. The van der Waals surface area contributed by atoms with Crippen LogP contribution in [0.1, 0.15) is 12.5 Å². The molecule has 128 valence electrons. The van der Waals surface area contributed by atoms with Gasteiger partial charge in [0, 0.05) is 24.0 Å². The number of hydrogen-bond acceptors (Lipinski definition) is 5. The maximum absolute atomic E-state index is 11.8. The zero-order valence-corrected chi connectivity index (χ0v) is 14.8. The molecule has 0 radical (unpaired) electrons. The van der Waals surface area contributed by atoms with Gasteiger partial charge in [-0.1, -0.05) is 35.5 Å². The van der Waals surface area contributed by atoms with Gasteiger partial charge in [0.1, 0.15) is 6.54 Å². The highest BCUT2D eigenvalue weighted by atomic mass is 35.5. The van der Waals surface area contributed by atoms with Crippen LogP contribution in [0.4, 0.5) is 0 Å². The summed E-state index contributed by atoms with van der Waals surface area (Å²) in [6.07, 6.45) is 3.54. The molecule has 0 bridgehead atoms. The van der Waals surface area contributed by atoms with E-state index in [0.29, 0.717) is 18.2 Å². The Kier molecular flexibility index (Phi) is 7.14. The molecule has 1 amide bonds. The lowest BCUT2D eigenvalue weighted by molar-refractivity contribution is -0.143. The van der Waals surface area contributed by atoms with Crippen LogP contribution >= 0.6 is 23.4 Å². The van der Waals surface area contributed by atoms with Crippen molar-refractivity contribution in [2.24, 2.45) is 0 Å². The third-order valence-electron chi connectivity index (χ3n) is 3.01. The summed E-state index contributed by atoms with van der Waals surface area (Å²) in [5.41, 5.74) is 1.09. The molecular formula is C16H18ClN3O3S. The first-order chi connectivity index (χ1) is 11.6. The summed E-state index contributed by atoms with van der Waals surface area (Å²) in [6.45, 7) is 2.54. The number of thioether (sulfide) groups is 1. The fourth-order valence-corrected chi connectivity index (χ4v) is 2.82. The van der Waals surface area contributed by atoms with Gasteiger partial charge in [0.15, 0.2) is 5.16 Å². The molecule has 6 nitrogen and oxygen atoms in total. The fourth-order valence-electron chi connectivity index (χ4n) is 1.91. The largest absolute Gasteiger partial charge is 0.465 e. The van der Waals surface area contributed by atoms with Crippen molar-refractivity contribution in [3.05, 3.63) is 47.2 Å². The summed E-state index contributed by atoms with van der Waals surface area (Å²) in [4.78, 5) is 27.2. The van der Waals surface area contributed by atoms with E-state index in [-0.39, 0.29) is 18.2 Å². The Bertz CT molecular complexity index is 688. The molecule has 1 N–H and O–H groups in total. The zero-order chi connectivity index (χ0) is 17.4. The van der Waals surface area contributed by atoms with Crippen molar-refractivity contribution in [3.63, 3.8) is 0 Å². The number of rotatable bonds is 8. The van der Waals surface area contributed by atoms with Crippen molar-refractivity contribution in [2.45, 2.75) is 18.6 Å². The summed E-state index contributed by atoms with van der Waals surface area (Å²) in [5, 5.41) is 3.94. The van der Waals surface area contributed by atoms with Gasteiger partial charge < -0.3 is 14.6 Å². The first kappa shape index (κ1) is 18.4. The Balaban J connectivity index is 1.83. The second-order valence-corrected chi connectivity index (χ2v) is 6.21. The molecule has 0 fully saturated rings. The van der Waals surface area contributed by atoms with Crippen LogP contribution in [0.3, 0.4) is 0 Å². The van der Waals surface area contributed by atoms with Gasteiger partial charge in [-0.25, -0.2) is 4.98 Å².